The van der Waals surface area contributed by atoms with Crippen LogP contribution in [-0.4, -0.2) is 22.1 Å². The van der Waals surface area contributed by atoms with E-state index in [2.05, 4.69) is 28.9 Å². The Morgan fingerprint density at radius 2 is 1.81 bits per heavy atom. The van der Waals surface area contributed by atoms with E-state index in [0.717, 1.165) is 41.1 Å². The van der Waals surface area contributed by atoms with Gasteiger partial charge in [-0.2, -0.15) is 0 Å². The van der Waals surface area contributed by atoms with Crippen molar-refractivity contribution in [2.75, 3.05) is 6.61 Å². The fourth-order valence-corrected chi connectivity index (χ4v) is 3.94. The number of hydrogen-bond donors (Lipinski definition) is 1. The third kappa shape index (κ3) is 4.83. The number of imidazole rings is 1. The molecule has 0 bridgehead atoms. The first-order chi connectivity index (χ1) is 15.5. The van der Waals surface area contributed by atoms with Gasteiger partial charge >= 0.3 is 0 Å². The highest BCUT2D eigenvalue weighted by molar-refractivity contribution is 5.95. The molecule has 1 amide bonds. The van der Waals surface area contributed by atoms with Gasteiger partial charge in [0.2, 0.25) is 0 Å². The summed E-state index contributed by atoms with van der Waals surface area (Å²) in [5.74, 6) is 1.65. The molecule has 0 aliphatic rings. The molecule has 4 aromatic rings. The third-order valence-corrected chi connectivity index (χ3v) is 5.59. The molecule has 32 heavy (non-hydrogen) atoms. The van der Waals surface area contributed by atoms with Crippen molar-refractivity contribution in [3.8, 4) is 5.75 Å². The van der Waals surface area contributed by atoms with Crippen LogP contribution < -0.4 is 10.1 Å². The number of nitrogens with one attached hydrogen (secondary N) is 1. The van der Waals surface area contributed by atoms with E-state index in [1.165, 1.54) is 5.56 Å². The number of benzene rings is 3. The fraction of sp³-hybridized carbons (Fsp3) is 0.259. The number of fused-ring (bicyclic) bond motifs is 1. The molecule has 1 N–H and O–H groups in total. The van der Waals surface area contributed by atoms with Crippen LogP contribution in [0.1, 0.15) is 46.7 Å². The summed E-state index contributed by atoms with van der Waals surface area (Å²) in [4.78, 5) is 17.7. The second kappa shape index (κ2) is 9.69. The molecule has 0 aliphatic carbocycles. The molecule has 4 rings (SSSR count). The van der Waals surface area contributed by atoms with Gasteiger partial charge in [-0.1, -0.05) is 42.5 Å². The number of para-hydroxylation sites is 2. The van der Waals surface area contributed by atoms with Crippen molar-refractivity contribution in [2.45, 2.75) is 39.8 Å². The minimum atomic E-state index is -0.229. The van der Waals surface area contributed by atoms with Crippen molar-refractivity contribution in [3.63, 3.8) is 0 Å². The van der Waals surface area contributed by atoms with Crippen molar-refractivity contribution in [1.29, 1.82) is 0 Å². The lowest BCUT2D eigenvalue weighted by atomic mass is 10.1. The molecule has 3 aromatic carbocycles. The summed E-state index contributed by atoms with van der Waals surface area (Å²) in [6, 6.07) is 23.6. The summed E-state index contributed by atoms with van der Waals surface area (Å²) in [5, 5.41) is 3.12. The van der Waals surface area contributed by atoms with E-state index in [4.69, 9.17) is 9.72 Å². The summed E-state index contributed by atoms with van der Waals surface area (Å²) >= 11 is 0. The zero-order valence-electron chi connectivity index (χ0n) is 18.8. The maximum atomic E-state index is 12.9. The zero-order valence-corrected chi connectivity index (χ0v) is 18.8. The first-order valence-corrected chi connectivity index (χ1v) is 11.0. The van der Waals surface area contributed by atoms with E-state index in [9.17, 15) is 4.79 Å². The summed E-state index contributed by atoms with van der Waals surface area (Å²) in [7, 11) is 0. The SMILES string of the molecule is Cc1cccc(OCCCn2c(C(C)NC(=O)c3ccccc3C)nc3ccccc32)c1. The Kier molecular flexibility index (Phi) is 6.55. The van der Waals surface area contributed by atoms with Crippen molar-refractivity contribution in [3.05, 3.63) is 95.3 Å². The topological polar surface area (TPSA) is 56.1 Å². The molecule has 5 heteroatoms. The molecule has 0 saturated carbocycles. The Hall–Kier alpha value is -3.60. The van der Waals surface area contributed by atoms with Gasteiger partial charge in [-0.3, -0.25) is 4.79 Å². The molecule has 0 fully saturated rings. The molecular weight excluding hydrogens is 398 g/mol. The molecule has 0 aliphatic heterocycles. The Labute approximate surface area is 189 Å². The number of carbonyl (C=O) groups excluding carboxylic acids is 1. The number of hydrogen-bond acceptors (Lipinski definition) is 3. The van der Waals surface area contributed by atoms with Gasteiger partial charge in [-0.05, 0) is 68.7 Å². The van der Waals surface area contributed by atoms with Crippen LogP contribution in [0.15, 0.2) is 72.8 Å². The van der Waals surface area contributed by atoms with Crippen LogP contribution in [-0.2, 0) is 6.54 Å². The molecule has 1 heterocycles. The number of ether oxygens (including phenoxy) is 1. The number of aryl methyl sites for hydroxylation is 3. The monoisotopic (exact) mass is 427 g/mol. The Balaban J connectivity index is 1.49. The maximum absolute atomic E-state index is 12.9. The van der Waals surface area contributed by atoms with Crippen LogP contribution >= 0.6 is 0 Å². The van der Waals surface area contributed by atoms with Crippen molar-refractivity contribution < 1.29 is 9.53 Å². The van der Waals surface area contributed by atoms with Crippen LogP contribution in [0.3, 0.4) is 0 Å². The number of amides is 1. The van der Waals surface area contributed by atoms with Crippen LogP contribution in [0.2, 0.25) is 0 Å². The normalized spacial score (nSPS) is 12.0. The predicted octanol–water partition coefficient (Wildman–Crippen LogP) is 5.61. The highest BCUT2D eigenvalue weighted by Crippen LogP contribution is 2.22. The van der Waals surface area contributed by atoms with Crippen molar-refractivity contribution >= 4 is 16.9 Å². The van der Waals surface area contributed by atoms with Crippen LogP contribution in [0.5, 0.6) is 5.75 Å². The van der Waals surface area contributed by atoms with Crippen molar-refractivity contribution in [1.82, 2.24) is 14.9 Å². The van der Waals surface area contributed by atoms with E-state index in [-0.39, 0.29) is 11.9 Å². The molecule has 164 valence electrons. The Morgan fingerprint density at radius 1 is 1.03 bits per heavy atom. The molecule has 0 saturated heterocycles. The van der Waals surface area contributed by atoms with Crippen molar-refractivity contribution in [2.24, 2.45) is 0 Å². The molecule has 0 radical (unpaired) electrons. The average molecular weight is 428 g/mol. The third-order valence-electron chi connectivity index (χ3n) is 5.59. The predicted molar refractivity (Wildman–Crippen MR) is 128 cm³/mol. The van der Waals surface area contributed by atoms with E-state index in [1.54, 1.807) is 0 Å². The van der Waals surface area contributed by atoms with E-state index in [0.29, 0.717) is 12.2 Å². The smallest absolute Gasteiger partial charge is 0.252 e. The van der Waals surface area contributed by atoms with E-state index >= 15 is 0 Å². The number of carbonyl (C=O) groups is 1. The summed E-state index contributed by atoms with van der Waals surface area (Å²) in [5.41, 5.74) is 4.82. The van der Waals surface area contributed by atoms with Gasteiger partial charge in [-0.15, -0.1) is 0 Å². The lowest BCUT2D eigenvalue weighted by Crippen LogP contribution is -2.29. The van der Waals surface area contributed by atoms with Crippen LogP contribution in [0.25, 0.3) is 11.0 Å². The van der Waals surface area contributed by atoms with Crippen LogP contribution in [0.4, 0.5) is 0 Å². The Morgan fingerprint density at radius 3 is 2.62 bits per heavy atom. The minimum absolute atomic E-state index is 0.0861. The zero-order chi connectivity index (χ0) is 22.5. The van der Waals surface area contributed by atoms with E-state index < -0.39 is 0 Å². The first-order valence-electron chi connectivity index (χ1n) is 11.0. The van der Waals surface area contributed by atoms with Gasteiger partial charge in [0.05, 0.1) is 23.7 Å². The summed E-state index contributed by atoms with van der Waals surface area (Å²) in [6.07, 6.45) is 0.833. The second-order valence-electron chi connectivity index (χ2n) is 8.14. The van der Waals surface area contributed by atoms with Gasteiger partial charge in [0.1, 0.15) is 11.6 Å². The standard InChI is InChI=1S/C27H29N3O2/c1-19-10-8-12-22(18-19)32-17-9-16-30-25-15-7-6-14-24(25)29-26(30)21(3)28-27(31)23-13-5-4-11-20(23)2/h4-8,10-15,18,21H,9,16-17H2,1-3H3,(H,28,31). The molecule has 5 nitrogen and oxygen atoms in total. The Bertz CT molecular complexity index is 1230. The number of rotatable bonds is 8. The van der Waals surface area contributed by atoms with Crippen LogP contribution in [0, 0.1) is 13.8 Å². The summed E-state index contributed by atoms with van der Waals surface area (Å²) < 4.78 is 8.12. The lowest BCUT2D eigenvalue weighted by Gasteiger charge is -2.17. The second-order valence-corrected chi connectivity index (χ2v) is 8.14. The largest absolute Gasteiger partial charge is 0.494 e. The molecule has 1 unspecified atom stereocenters. The average Bonchev–Trinajstić information content (AvgIpc) is 3.16. The molecular formula is C27H29N3O2. The molecule has 1 aromatic heterocycles. The molecule has 1 atom stereocenters. The van der Waals surface area contributed by atoms with Gasteiger partial charge in [0.15, 0.2) is 0 Å². The fourth-order valence-electron chi connectivity index (χ4n) is 3.94. The maximum Gasteiger partial charge on any atom is 0.252 e. The van der Waals surface area contributed by atoms with E-state index in [1.807, 2.05) is 74.5 Å². The summed E-state index contributed by atoms with van der Waals surface area (Å²) in [6.45, 7) is 7.36. The molecule has 0 spiro atoms. The lowest BCUT2D eigenvalue weighted by molar-refractivity contribution is 0.0937. The highest BCUT2D eigenvalue weighted by Gasteiger charge is 2.19. The van der Waals surface area contributed by atoms with Gasteiger partial charge in [0, 0.05) is 12.1 Å². The minimum Gasteiger partial charge on any atom is -0.494 e. The van der Waals surface area contributed by atoms with Gasteiger partial charge in [0.25, 0.3) is 5.91 Å². The quantitative estimate of drug-likeness (QED) is 0.372. The first kappa shape index (κ1) is 21.6. The van der Waals surface area contributed by atoms with Gasteiger partial charge in [-0.25, -0.2) is 4.98 Å². The number of aromatic nitrogens is 2. The van der Waals surface area contributed by atoms with Gasteiger partial charge < -0.3 is 14.6 Å². The number of nitrogens with zero attached hydrogens (tertiary/aromatic N) is 2. The highest BCUT2D eigenvalue weighted by atomic mass is 16.5.